The van der Waals surface area contributed by atoms with E-state index in [9.17, 15) is 5.11 Å². The summed E-state index contributed by atoms with van der Waals surface area (Å²) in [6.45, 7) is 6.47. The molecule has 1 heterocycles. The molecular formula is C15H24N2O. The molecule has 0 saturated carbocycles. The first-order chi connectivity index (χ1) is 8.85. The van der Waals surface area contributed by atoms with Crippen LogP contribution in [0.15, 0.2) is 24.3 Å². The van der Waals surface area contributed by atoms with Crippen LogP contribution in [0.5, 0.6) is 0 Å². The zero-order valence-electron chi connectivity index (χ0n) is 11.2. The van der Waals surface area contributed by atoms with Gasteiger partial charge in [-0.15, -0.1) is 0 Å². The maximum Gasteiger partial charge on any atom is 0.0628 e. The number of nitrogens with one attached hydrogen (secondary N) is 1. The van der Waals surface area contributed by atoms with Crippen LogP contribution in [0.2, 0.25) is 0 Å². The van der Waals surface area contributed by atoms with Crippen molar-refractivity contribution in [3.8, 4) is 0 Å². The molecule has 1 unspecified atom stereocenters. The van der Waals surface area contributed by atoms with Gasteiger partial charge in [0.1, 0.15) is 0 Å². The number of aliphatic hydroxyl groups is 1. The van der Waals surface area contributed by atoms with Gasteiger partial charge in [0.05, 0.1) is 12.6 Å². The number of nitrogens with zero attached hydrogens (tertiary/aromatic N) is 1. The van der Waals surface area contributed by atoms with Gasteiger partial charge in [0.25, 0.3) is 0 Å². The third kappa shape index (κ3) is 3.31. The van der Waals surface area contributed by atoms with Crippen molar-refractivity contribution in [1.29, 1.82) is 0 Å². The van der Waals surface area contributed by atoms with Gasteiger partial charge < -0.3 is 10.4 Å². The van der Waals surface area contributed by atoms with Crippen LogP contribution >= 0.6 is 0 Å². The van der Waals surface area contributed by atoms with Crippen LogP contribution in [0, 0.1) is 0 Å². The van der Waals surface area contributed by atoms with E-state index in [0.29, 0.717) is 0 Å². The zero-order chi connectivity index (χ0) is 12.8. The molecule has 1 aliphatic rings. The Morgan fingerprint density at radius 2 is 1.89 bits per heavy atom. The molecule has 1 aromatic carbocycles. The maximum absolute atomic E-state index is 9.64. The van der Waals surface area contributed by atoms with Gasteiger partial charge >= 0.3 is 0 Å². The highest BCUT2D eigenvalue weighted by Gasteiger charge is 2.21. The topological polar surface area (TPSA) is 35.5 Å². The minimum Gasteiger partial charge on any atom is -0.394 e. The van der Waals surface area contributed by atoms with Gasteiger partial charge in [-0.25, -0.2) is 0 Å². The van der Waals surface area contributed by atoms with Gasteiger partial charge in [0.2, 0.25) is 0 Å². The van der Waals surface area contributed by atoms with Crippen LogP contribution in [-0.2, 0) is 6.42 Å². The molecular weight excluding hydrogens is 224 g/mol. The molecule has 0 spiro atoms. The summed E-state index contributed by atoms with van der Waals surface area (Å²) in [6, 6.07) is 8.90. The maximum atomic E-state index is 9.64. The van der Waals surface area contributed by atoms with Gasteiger partial charge in [-0.05, 0) is 17.5 Å². The number of piperazine rings is 1. The fraction of sp³-hybridized carbons (Fsp3) is 0.600. The molecule has 1 atom stereocenters. The van der Waals surface area contributed by atoms with Crippen molar-refractivity contribution in [2.75, 3.05) is 32.8 Å². The van der Waals surface area contributed by atoms with E-state index in [4.69, 9.17) is 0 Å². The zero-order valence-corrected chi connectivity index (χ0v) is 11.2. The number of hydrogen-bond donors (Lipinski definition) is 2. The highest BCUT2D eigenvalue weighted by molar-refractivity contribution is 5.25. The molecule has 2 rings (SSSR count). The lowest BCUT2D eigenvalue weighted by Crippen LogP contribution is -2.46. The Hall–Kier alpha value is -0.900. The third-order valence-electron chi connectivity index (χ3n) is 3.67. The predicted octanol–water partition coefficient (Wildman–Crippen LogP) is 1.58. The highest BCUT2D eigenvalue weighted by Crippen LogP contribution is 2.21. The van der Waals surface area contributed by atoms with Crippen LogP contribution in [0.25, 0.3) is 0 Å². The van der Waals surface area contributed by atoms with E-state index >= 15 is 0 Å². The molecule has 0 radical (unpaired) electrons. The van der Waals surface area contributed by atoms with Gasteiger partial charge in [0.15, 0.2) is 0 Å². The van der Waals surface area contributed by atoms with Crippen LogP contribution < -0.4 is 5.32 Å². The summed E-state index contributed by atoms with van der Waals surface area (Å²) in [5.74, 6) is 0. The molecule has 0 aromatic heterocycles. The van der Waals surface area contributed by atoms with Crippen LogP contribution in [0.3, 0.4) is 0 Å². The molecule has 2 N–H and O–H groups in total. The van der Waals surface area contributed by atoms with Gasteiger partial charge in [-0.1, -0.05) is 37.6 Å². The van der Waals surface area contributed by atoms with Crippen molar-refractivity contribution in [3.63, 3.8) is 0 Å². The minimum absolute atomic E-state index is 0.155. The van der Waals surface area contributed by atoms with Crippen molar-refractivity contribution >= 4 is 0 Å². The molecule has 0 bridgehead atoms. The number of hydrogen-bond acceptors (Lipinski definition) is 3. The molecule has 0 amide bonds. The first-order valence-corrected chi connectivity index (χ1v) is 6.99. The Morgan fingerprint density at radius 1 is 1.22 bits per heavy atom. The van der Waals surface area contributed by atoms with E-state index in [2.05, 4.69) is 41.4 Å². The van der Waals surface area contributed by atoms with E-state index in [1.165, 1.54) is 17.5 Å². The molecule has 1 aromatic rings. The molecule has 1 saturated heterocycles. The van der Waals surface area contributed by atoms with E-state index in [-0.39, 0.29) is 12.6 Å². The van der Waals surface area contributed by atoms with Crippen molar-refractivity contribution < 1.29 is 5.11 Å². The second kappa shape index (κ2) is 6.88. The molecule has 3 heteroatoms. The molecule has 18 heavy (non-hydrogen) atoms. The number of benzene rings is 1. The average molecular weight is 248 g/mol. The predicted molar refractivity (Wildman–Crippen MR) is 74.7 cm³/mol. The highest BCUT2D eigenvalue weighted by atomic mass is 16.3. The Labute approximate surface area is 110 Å². The van der Waals surface area contributed by atoms with Crippen LogP contribution in [0.1, 0.15) is 30.5 Å². The minimum atomic E-state index is 0.155. The summed E-state index contributed by atoms with van der Waals surface area (Å²) >= 11 is 0. The summed E-state index contributed by atoms with van der Waals surface area (Å²) in [6.07, 6.45) is 2.32. The molecule has 1 aliphatic heterocycles. The molecule has 100 valence electrons. The van der Waals surface area contributed by atoms with Crippen molar-refractivity contribution in [2.45, 2.75) is 25.8 Å². The van der Waals surface area contributed by atoms with E-state index in [1.807, 2.05) is 0 Å². The Bertz CT molecular complexity index is 344. The summed E-state index contributed by atoms with van der Waals surface area (Å²) in [4.78, 5) is 2.37. The largest absolute Gasteiger partial charge is 0.394 e. The fourth-order valence-electron chi connectivity index (χ4n) is 2.62. The van der Waals surface area contributed by atoms with Gasteiger partial charge in [-0.3, -0.25) is 4.90 Å². The fourth-order valence-corrected chi connectivity index (χ4v) is 2.62. The van der Waals surface area contributed by atoms with Crippen molar-refractivity contribution in [1.82, 2.24) is 10.2 Å². The van der Waals surface area contributed by atoms with E-state index < -0.39 is 0 Å². The number of aryl methyl sites for hydroxylation is 1. The monoisotopic (exact) mass is 248 g/mol. The number of aliphatic hydroxyl groups excluding tert-OH is 1. The quantitative estimate of drug-likeness (QED) is 0.830. The van der Waals surface area contributed by atoms with Crippen molar-refractivity contribution in [2.24, 2.45) is 0 Å². The smallest absolute Gasteiger partial charge is 0.0628 e. The Balaban J connectivity index is 2.06. The first-order valence-electron chi connectivity index (χ1n) is 6.99. The molecule has 0 aliphatic carbocycles. The van der Waals surface area contributed by atoms with E-state index in [0.717, 1.165) is 32.6 Å². The summed E-state index contributed by atoms with van der Waals surface area (Å²) in [7, 11) is 0. The lowest BCUT2D eigenvalue weighted by Gasteiger charge is -2.34. The van der Waals surface area contributed by atoms with E-state index in [1.54, 1.807) is 0 Å². The molecule has 3 nitrogen and oxygen atoms in total. The second-order valence-electron chi connectivity index (χ2n) is 4.98. The standard InChI is InChI=1S/C15H24N2O/c1-2-3-13-4-6-14(7-5-13)15(12-18)17-10-8-16-9-11-17/h4-7,15-16,18H,2-3,8-12H2,1H3. The first kappa shape index (κ1) is 13.5. The van der Waals surface area contributed by atoms with Gasteiger partial charge in [0, 0.05) is 26.2 Å². The second-order valence-corrected chi connectivity index (χ2v) is 4.98. The average Bonchev–Trinajstić information content (AvgIpc) is 2.43. The normalized spacial score (nSPS) is 18.8. The van der Waals surface area contributed by atoms with Crippen LogP contribution in [-0.4, -0.2) is 42.8 Å². The summed E-state index contributed by atoms with van der Waals surface area (Å²) in [5, 5.41) is 13.0. The summed E-state index contributed by atoms with van der Waals surface area (Å²) < 4.78 is 0. The lowest BCUT2D eigenvalue weighted by molar-refractivity contribution is 0.111. The van der Waals surface area contributed by atoms with Gasteiger partial charge in [-0.2, -0.15) is 0 Å². The Kier molecular flexibility index (Phi) is 5.17. The molecule has 1 fully saturated rings. The van der Waals surface area contributed by atoms with Crippen molar-refractivity contribution in [3.05, 3.63) is 35.4 Å². The lowest BCUT2D eigenvalue weighted by atomic mass is 10.0. The third-order valence-corrected chi connectivity index (χ3v) is 3.67. The summed E-state index contributed by atoms with van der Waals surface area (Å²) in [5.41, 5.74) is 2.62. The number of rotatable bonds is 5. The Morgan fingerprint density at radius 3 is 2.44 bits per heavy atom. The SMILES string of the molecule is CCCc1ccc(C(CO)N2CCNCC2)cc1. The van der Waals surface area contributed by atoms with Crippen LogP contribution in [0.4, 0.5) is 0 Å².